The Bertz CT molecular complexity index is 598. The molecule has 0 saturated carbocycles. The van der Waals surface area contributed by atoms with Gasteiger partial charge in [-0.25, -0.2) is 4.39 Å². The van der Waals surface area contributed by atoms with Crippen molar-refractivity contribution in [3.63, 3.8) is 0 Å². The largest absolute Gasteiger partial charge is 0.319 e. The number of benzene rings is 2. The Labute approximate surface area is 109 Å². The van der Waals surface area contributed by atoms with Crippen LogP contribution in [0.25, 0.3) is 0 Å². The summed E-state index contributed by atoms with van der Waals surface area (Å²) >= 11 is 5.64. The number of anilines is 1. The van der Waals surface area contributed by atoms with E-state index in [1.807, 2.05) is 13.0 Å². The van der Waals surface area contributed by atoms with Crippen LogP contribution in [0.5, 0.6) is 0 Å². The van der Waals surface area contributed by atoms with Crippen molar-refractivity contribution < 1.29 is 9.18 Å². The van der Waals surface area contributed by atoms with Gasteiger partial charge in [0.1, 0.15) is 5.82 Å². The van der Waals surface area contributed by atoms with Crippen molar-refractivity contribution in [2.75, 3.05) is 5.32 Å². The SMILES string of the molecule is Cc1cccc(C(=O)Nc2ccc(Cl)cc2F)c1. The summed E-state index contributed by atoms with van der Waals surface area (Å²) in [4.78, 5) is 11.9. The molecule has 0 aliphatic rings. The van der Waals surface area contributed by atoms with Crippen LogP contribution in [0, 0.1) is 12.7 Å². The predicted octanol–water partition coefficient (Wildman–Crippen LogP) is 4.04. The van der Waals surface area contributed by atoms with Crippen molar-refractivity contribution in [2.24, 2.45) is 0 Å². The normalized spacial score (nSPS) is 10.2. The van der Waals surface area contributed by atoms with E-state index in [-0.39, 0.29) is 11.6 Å². The van der Waals surface area contributed by atoms with Crippen molar-refractivity contribution in [1.82, 2.24) is 0 Å². The first-order valence-electron chi connectivity index (χ1n) is 5.39. The summed E-state index contributed by atoms with van der Waals surface area (Å²) in [6, 6.07) is 11.2. The lowest BCUT2D eigenvalue weighted by Gasteiger charge is -2.07. The van der Waals surface area contributed by atoms with Crippen LogP contribution >= 0.6 is 11.6 Å². The van der Waals surface area contributed by atoms with Crippen LogP contribution in [-0.2, 0) is 0 Å². The van der Waals surface area contributed by atoms with Gasteiger partial charge >= 0.3 is 0 Å². The fourth-order valence-electron chi connectivity index (χ4n) is 1.57. The first-order chi connectivity index (χ1) is 8.56. The third kappa shape index (κ3) is 2.87. The van der Waals surface area contributed by atoms with Gasteiger partial charge in [-0.2, -0.15) is 0 Å². The molecule has 2 aromatic carbocycles. The summed E-state index contributed by atoms with van der Waals surface area (Å²) in [7, 11) is 0. The van der Waals surface area contributed by atoms with E-state index < -0.39 is 5.82 Å². The minimum Gasteiger partial charge on any atom is -0.319 e. The first-order valence-corrected chi connectivity index (χ1v) is 5.77. The van der Waals surface area contributed by atoms with E-state index in [0.717, 1.165) is 11.6 Å². The smallest absolute Gasteiger partial charge is 0.255 e. The molecular weight excluding hydrogens is 253 g/mol. The fourth-order valence-corrected chi connectivity index (χ4v) is 1.73. The maximum atomic E-state index is 13.5. The number of carbonyl (C=O) groups is 1. The molecule has 0 heterocycles. The molecule has 18 heavy (non-hydrogen) atoms. The zero-order valence-electron chi connectivity index (χ0n) is 9.71. The third-order valence-electron chi connectivity index (χ3n) is 2.46. The van der Waals surface area contributed by atoms with Gasteiger partial charge in [0.25, 0.3) is 5.91 Å². The molecule has 0 fully saturated rings. The van der Waals surface area contributed by atoms with E-state index in [1.165, 1.54) is 12.1 Å². The number of hydrogen-bond donors (Lipinski definition) is 1. The molecule has 2 rings (SSSR count). The Balaban J connectivity index is 2.21. The van der Waals surface area contributed by atoms with Crippen LogP contribution in [0.3, 0.4) is 0 Å². The minimum absolute atomic E-state index is 0.117. The Kier molecular flexibility index (Phi) is 3.63. The Morgan fingerprint density at radius 1 is 1.22 bits per heavy atom. The summed E-state index contributed by atoms with van der Waals surface area (Å²) in [5.41, 5.74) is 1.58. The van der Waals surface area contributed by atoms with Gasteiger partial charge in [0.2, 0.25) is 0 Å². The Morgan fingerprint density at radius 3 is 2.67 bits per heavy atom. The maximum absolute atomic E-state index is 13.5. The second-order valence-corrected chi connectivity index (χ2v) is 4.38. The first kappa shape index (κ1) is 12.6. The number of aryl methyl sites for hydroxylation is 1. The summed E-state index contributed by atoms with van der Waals surface area (Å²) in [5, 5.41) is 2.80. The topological polar surface area (TPSA) is 29.1 Å². The zero-order valence-corrected chi connectivity index (χ0v) is 10.5. The Hall–Kier alpha value is -1.87. The van der Waals surface area contributed by atoms with Crippen LogP contribution in [0.1, 0.15) is 15.9 Å². The van der Waals surface area contributed by atoms with Crippen molar-refractivity contribution >= 4 is 23.2 Å². The van der Waals surface area contributed by atoms with Crippen LogP contribution in [0.4, 0.5) is 10.1 Å². The van der Waals surface area contributed by atoms with Crippen LogP contribution in [0.2, 0.25) is 5.02 Å². The minimum atomic E-state index is -0.552. The third-order valence-corrected chi connectivity index (χ3v) is 2.69. The highest BCUT2D eigenvalue weighted by Crippen LogP contribution is 2.19. The standard InChI is InChI=1S/C14H11ClFNO/c1-9-3-2-4-10(7-9)14(18)17-13-6-5-11(15)8-12(13)16/h2-8H,1H3,(H,17,18). The van der Waals surface area contributed by atoms with Gasteiger partial charge < -0.3 is 5.32 Å². The molecule has 0 radical (unpaired) electrons. The number of nitrogens with one attached hydrogen (secondary N) is 1. The lowest BCUT2D eigenvalue weighted by atomic mass is 10.1. The highest BCUT2D eigenvalue weighted by molar-refractivity contribution is 6.30. The second kappa shape index (κ2) is 5.19. The van der Waals surface area contributed by atoms with E-state index in [9.17, 15) is 9.18 Å². The van der Waals surface area contributed by atoms with Gasteiger partial charge in [0.15, 0.2) is 0 Å². The molecule has 0 aliphatic heterocycles. The maximum Gasteiger partial charge on any atom is 0.255 e. The molecule has 0 atom stereocenters. The number of amides is 1. The number of rotatable bonds is 2. The lowest BCUT2D eigenvalue weighted by molar-refractivity contribution is 0.102. The predicted molar refractivity (Wildman–Crippen MR) is 70.5 cm³/mol. The molecule has 2 aromatic rings. The molecule has 0 aliphatic carbocycles. The quantitative estimate of drug-likeness (QED) is 0.870. The van der Waals surface area contributed by atoms with Crippen molar-refractivity contribution in [3.05, 3.63) is 64.4 Å². The summed E-state index contributed by atoms with van der Waals surface area (Å²) in [5.74, 6) is -0.900. The molecule has 0 saturated heterocycles. The summed E-state index contributed by atoms with van der Waals surface area (Å²) < 4.78 is 13.5. The second-order valence-electron chi connectivity index (χ2n) is 3.95. The highest BCUT2D eigenvalue weighted by Gasteiger charge is 2.09. The van der Waals surface area contributed by atoms with E-state index in [0.29, 0.717) is 10.6 Å². The molecule has 92 valence electrons. The number of carbonyl (C=O) groups excluding carboxylic acids is 1. The van der Waals surface area contributed by atoms with E-state index in [2.05, 4.69) is 5.32 Å². The van der Waals surface area contributed by atoms with Gasteiger partial charge in [-0.15, -0.1) is 0 Å². The van der Waals surface area contributed by atoms with Crippen molar-refractivity contribution in [1.29, 1.82) is 0 Å². The molecule has 0 spiro atoms. The molecule has 1 N–H and O–H groups in total. The number of halogens is 2. The monoisotopic (exact) mass is 263 g/mol. The average molecular weight is 264 g/mol. The molecule has 1 amide bonds. The highest BCUT2D eigenvalue weighted by atomic mass is 35.5. The molecule has 0 aromatic heterocycles. The van der Waals surface area contributed by atoms with Crippen LogP contribution in [-0.4, -0.2) is 5.91 Å². The van der Waals surface area contributed by atoms with Crippen molar-refractivity contribution in [3.8, 4) is 0 Å². The van der Waals surface area contributed by atoms with Crippen LogP contribution in [0.15, 0.2) is 42.5 Å². The fraction of sp³-hybridized carbons (Fsp3) is 0.0714. The van der Waals surface area contributed by atoms with Gasteiger partial charge in [-0.05, 0) is 37.3 Å². The molecule has 2 nitrogen and oxygen atoms in total. The summed E-state index contributed by atoms with van der Waals surface area (Å²) in [6.07, 6.45) is 0. The molecule has 0 unspecified atom stereocenters. The Morgan fingerprint density at radius 2 is 2.00 bits per heavy atom. The molecule has 4 heteroatoms. The van der Waals surface area contributed by atoms with Gasteiger partial charge in [0.05, 0.1) is 5.69 Å². The van der Waals surface area contributed by atoms with Gasteiger partial charge in [-0.1, -0.05) is 29.3 Å². The van der Waals surface area contributed by atoms with Gasteiger partial charge in [-0.3, -0.25) is 4.79 Å². The lowest BCUT2D eigenvalue weighted by Crippen LogP contribution is -2.13. The van der Waals surface area contributed by atoms with E-state index >= 15 is 0 Å². The van der Waals surface area contributed by atoms with E-state index in [1.54, 1.807) is 18.2 Å². The molecular formula is C14H11ClFNO. The molecule has 0 bridgehead atoms. The van der Waals surface area contributed by atoms with Crippen molar-refractivity contribution in [2.45, 2.75) is 6.92 Å². The van der Waals surface area contributed by atoms with Gasteiger partial charge in [0, 0.05) is 10.6 Å². The number of hydrogen-bond acceptors (Lipinski definition) is 1. The summed E-state index contributed by atoms with van der Waals surface area (Å²) in [6.45, 7) is 1.89. The zero-order chi connectivity index (χ0) is 13.1. The average Bonchev–Trinajstić information content (AvgIpc) is 2.32. The van der Waals surface area contributed by atoms with Crippen LogP contribution < -0.4 is 5.32 Å². The van der Waals surface area contributed by atoms with E-state index in [4.69, 9.17) is 11.6 Å².